The average molecular weight is 457 g/mol. The zero-order valence-corrected chi connectivity index (χ0v) is 18.2. The number of carbonyl (C=O) groups excluding carboxylic acids is 4. The van der Waals surface area contributed by atoms with Crippen molar-refractivity contribution < 1.29 is 33.8 Å². The number of carbonyl (C=O) groups is 4. The van der Waals surface area contributed by atoms with E-state index in [1.165, 1.54) is 7.11 Å². The van der Waals surface area contributed by atoms with Crippen molar-refractivity contribution in [2.45, 2.75) is 62.6 Å². The Kier molecular flexibility index (Phi) is 6.64. The third-order valence-corrected chi connectivity index (χ3v) is 6.27. The number of hydrogen-bond donors (Lipinski definition) is 3. The van der Waals surface area contributed by atoms with Gasteiger partial charge >= 0.3 is 5.97 Å². The first-order chi connectivity index (χ1) is 15.9. The van der Waals surface area contributed by atoms with Crippen LogP contribution in [0.3, 0.4) is 0 Å². The molecule has 1 aromatic carbocycles. The zero-order chi connectivity index (χ0) is 23.5. The number of aliphatic hydroxyl groups is 1. The van der Waals surface area contributed by atoms with Crippen molar-refractivity contribution in [3.63, 3.8) is 0 Å². The van der Waals surface area contributed by atoms with E-state index >= 15 is 0 Å². The monoisotopic (exact) mass is 457 g/mol. The van der Waals surface area contributed by atoms with Crippen molar-refractivity contribution in [2.24, 2.45) is 0 Å². The van der Waals surface area contributed by atoms with E-state index in [0.29, 0.717) is 37.0 Å². The number of ether oxygens (including phenoxy) is 2. The van der Waals surface area contributed by atoms with Gasteiger partial charge in [0.15, 0.2) is 0 Å². The number of rotatable bonds is 5. The Morgan fingerprint density at radius 2 is 1.82 bits per heavy atom. The lowest BCUT2D eigenvalue weighted by Crippen LogP contribution is -2.57. The molecule has 0 radical (unpaired) electrons. The van der Waals surface area contributed by atoms with Crippen molar-refractivity contribution >= 4 is 23.7 Å². The van der Waals surface area contributed by atoms with Gasteiger partial charge in [0.05, 0.1) is 13.5 Å². The van der Waals surface area contributed by atoms with Gasteiger partial charge in [0.25, 0.3) is 5.91 Å². The molecule has 0 bridgehead atoms. The van der Waals surface area contributed by atoms with Crippen LogP contribution >= 0.6 is 0 Å². The fraction of sp³-hybridized carbons (Fsp3) is 0.478. The molecule has 33 heavy (non-hydrogen) atoms. The van der Waals surface area contributed by atoms with E-state index in [1.54, 1.807) is 29.2 Å². The van der Waals surface area contributed by atoms with Crippen LogP contribution in [0.15, 0.2) is 36.4 Å². The quantitative estimate of drug-likeness (QED) is 0.426. The van der Waals surface area contributed by atoms with E-state index < -0.39 is 42.2 Å². The molecule has 2 fully saturated rings. The number of nitrogens with one attached hydrogen (secondary N) is 2. The van der Waals surface area contributed by atoms with Crippen LogP contribution in [-0.4, -0.2) is 71.3 Å². The highest BCUT2D eigenvalue weighted by Crippen LogP contribution is 2.30. The van der Waals surface area contributed by atoms with Crippen LogP contribution in [0.4, 0.5) is 0 Å². The molecule has 0 aliphatic carbocycles. The lowest BCUT2D eigenvalue weighted by atomic mass is 10.0. The van der Waals surface area contributed by atoms with Gasteiger partial charge in [0.1, 0.15) is 23.9 Å². The molecule has 2 saturated heterocycles. The van der Waals surface area contributed by atoms with Crippen molar-refractivity contribution in [3.8, 4) is 5.75 Å². The maximum atomic E-state index is 13.5. The number of hydrogen-bond acceptors (Lipinski definition) is 7. The first kappa shape index (κ1) is 22.8. The maximum Gasteiger partial charge on any atom is 0.310 e. The summed E-state index contributed by atoms with van der Waals surface area (Å²) < 4.78 is 9.78. The normalized spacial score (nSPS) is 29.0. The molecule has 10 heteroatoms. The van der Waals surface area contributed by atoms with E-state index in [0.717, 1.165) is 0 Å². The van der Waals surface area contributed by atoms with Crippen molar-refractivity contribution in [1.29, 1.82) is 0 Å². The minimum absolute atomic E-state index is 0.125. The third kappa shape index (κ3) is 4.85. The Morgan fingerprint density at radius 1 is 1.09 bits per heavy atom. The topological polar surface area (TPSA) is 134 Å². The lowest BCUT2D eigenvalue weighted by molar-refractivity contribution is -0.155. The molecule has 1 aromatic rings. The number of amides is 3. The fourth-order valence-electron chi connectivity index (χ4n) is 4.52. The summed E-state index contributed by atoms with van der Waals surface area (Å²) in [4.78, 5) is 52.1. The predicted molar refractivity (Wildman–Crippen MR) is 115 cm³/mol. The molecular formula is C23H27N3O7. The second-order valence-electron chi connectivity index (χ2n) is 8.39. The first-order valence-electron chi connectivity index (χ1n) is 11.0. The second kappa shape index (κ2) is 9.62. The number of aliphatic hydroxyl groups excluding tert-OH is 1. The van der Waals surface area contributed by atoms with E-state index in [2.05, 4.69) is 15.4 Å². The SMILES string of the molecule is COc1ccc(C(=O)N[C@H]2CC=CC[C@@H]3CC[C@@H](C(=O)NC4CC(=O)OC4O)N3C2=O)cc1. The summed E-state index contributed by atoms with van der Waals surface area (Å²) in [6.45, 7) is 0. The van der Waals surface area contributed by atoms with Gasteiger partial charge in [0, 0.05) is 11.6 Å². The van der Waals surface area contributed by atoms with Crippen molar-refractivity contribution in [1.82, 2.24) is 15.5 Å². The number of esters is 1. The summed E-state index contributed by atoms with van der Waals surface area (Å²) in [5.74, 6) is -1.15. The third-order valence-electron chi connectivity index (χ3n) is 6.27. The summed E-state index contributed by atoms with van der Waals surface area (Å²) in [6, 6.07) is 3.96. The van der Waals surface area contributed by atoms with Crippen LogP contribution in [0.2, 0.25) is 0 Å². The summed E-state index contributed by atoms with van der Waals surface area (Å²) in [5.41, 5.74) is 0.391. The minimum Gasteiger partial charge on any atom is -0.497 e. The summed E-state index contributed by atoms with van der Waals surface area (Å²) >= 11 is 0. The second-order valence-corrected chi connectivity index (χ2v) is 8.39. The van der Waals surface area contributed by atoms with Gasteiger partial charge in [0.2, 0.25) is 18.1 Å². The van der Waals surface area contributed by atoms with Crippen LogP contribution < -0.4 is 15.4 Å². The molecule has 176 valence electrons. The van der Waals surface area contributed by atoms with Crippen molar-refractivity contribution in [2.75, 3.05) is 7.11 Å². The van der Waals surface area contributed by atoms with E-state index in [4.69, 9.17) is 4.74 Å². The summed E-state index contributed by atoms with van der Waals surface area (Å²) in [6.07, 6.45) is 4.32. The van der Waals surface area contributed by atoms with Crippen LogP contribution in [0.1, 0.15) is 42.5 Å². The molecule has 0 aromatic heterocycles. The van der Waals surface area contributed by atoms with Gasteiger partial charge in [-0.3, -0.25) is 19.2 Å². The standard InChI is InChI=1S/C23H27N3O7/c1-32-15-9-6-13(7-10-15)20(28)24-16-5-3-2-4-14-8-11-18(26(14)22(16)30)21(29)25-17-12-19(27)33-23(17)31/h2-3,6-7,9-10,14,16-18,23,31H,4-5,8,11-12H2,1H3,(H,24,28)(H,25,29)/t14-,16+,17?,18+,23?/m1/s1. The predicted octanol–water partition coefficient (Wildman–Crippen LogP) is 0.253. The molecular weight excluding hydrogens is 430 g/mol. The molecule has 3 N–H and O–H groups in total. The Hall–Kier alpha value is -3.40. The Morgan fingerprint density at radius 3 is 2.48 bits per heavy atom. The van der Waals surface area contributed by atoms with Gasteiger partial charge in [-0.25, -0.2) is 0 Å². The highest BCUT2D eigenvalue weighted by atomic mass is 16.6. The molecule has 10 nitrogen and oxygen atoms in total. The van der Waals surface area contributed by atoms with Gasteiger partial charge in [-0.1, -0.05) is 12.2 Å². The highest BCUT2D eigenvalue weighted by molar-refractivity contribution is 5.99. The molecule has 2 unspecified atom stereocenters. The van der Waals surface area contributed by atoms with Gasteiger partial charge < -0.3 is 30.1 Å². The molecule has 3 amide bonds. The minimum atomic E-state index is -1.40. The Labute approximate surface area is 190 Å². The van der Waals surface area contributed by atoms with E-state index in [-0.39, 0.29) is 18.4 Å². The van der Waals surface area contributed by atoms with Crippen LogP contribution in [-0.2, 0) is 19.1 Å². The van der Waals surface area contributed by atoms with Crippen LogP contribution in [0, 0.1) is 0 Å². The zero-order valence-electron chi connectivity index (χ0n) is 18.2. The van der Waals surface area contributed by atoms with Crippen molar-refractivity contribution in [3.05, 3.63) is 42.0 Å². The van der Waals surface area contributed by atoms with Crippen LogP contribution in [0.25, 0.3) is 0 Å². The van der Waals surface area contributed by atoms with Gasteiger partial charge in [-0.05, 0) is 49.9 Å². The molecule has 5 atom stereocenters. The Balaban J connectivity index is 1.48. The largest absolute Gasteiger partial charge is 0.497 e. The van der Waals surface area contributed by atoms with Gasteiger partial charge in [-0.2, -0.15) is 0 Å². The average Bonchev–Trinajstić information content (AvgIpc) is 3.36. The molecule has 3 aliphatic rings. The smallest absolute Gasteiger partial charge is 0.310 e. The summed E-state index contributed by atoms with van der Waals surface area (Å²) in [7, 11) is 1.53. The fourth-order valence-corrected chi connectivity index (χ4v) is 4.52. The van der Waals surface area contributed by atoms with E-state index in [1.807, 2.05) is 12.2 Å². The van der Waals surface area contributed by atoms with Gasteiger partial charge in [-0.15, -0.1) is 0 Å². The molecule has 0 saturated carbocycles. The highest BCUT2D eigenvalue weighted by Gasteiger charge is 2.45. The number of cyclic esters (lactones) is 1. The van der Waals surface area contributed by atoms with E-state index in [9.17, 15) is 24.3 Å². The number of nitrogens with zero attached hydrogens (tertiary/aromatic N) is 1. The summed E-state index contributed by atoms with van der Waals surface area (Å²) in [5, 5.41) is 15.2. The Bertz CT molecular complexity index is 961. The molecule has 0 spiro atoms. The first-order valence-corrected chi connectivity index (χ1v) is 11.0. The van der Waals surface area contributed by atoms with Crippen LogP contribution in [0.5, 0.6) is 5.75 Å². The molecule has 4 rings (SSSR count). The number of fused-ring (bicyclic) bond motifs is 1. The molecule has 3 heterocycles. The number of methoxy groups -OCH3 is 1. The number of benzene rings is 1. The molecule has 3 aliphatic heterocycles. The lowest BCUT2D eigenvalue weighted by Gasteiger charge is -2.34. The maximum absolute atomic E-state index is 13.5.